The minimum Gasteiger partial charge on any atom is -0.495 e. The SMILES string of the molecule is CCOc1cc(C)ccc1S(=O)(=O)Nc1noc2cc(Nc3cc(C4CC4)[nH]n3)c(OC)cc12. The first-order valence-corrected chi connectivity index (χ1v) is 12.4. The van der Waals surface area contributed by atoms with Crippen molar-refractivity contribution in [2.75, 3.05) is 23.8 Å². The average Bonchev–Trinajstić information content (AvgIpc) is 3.44. The maximum absolute atomic E-state index is 13.1. The first-order chi connectivity index (χ1) is 16.4. The second kappa shape index (κ2) is 8.56. The molecule has 1 saturated carbocycles. The van der Waals surface area contributed by atoms with Gasteiger partial charge >= 0.3 is 0 Å². The van der Waals surface area contributed by atoms with Gasteiger partial charge in [-0.3, -0.25) is 9.82 Å². The van der Waals surface area contributed by atoms with Crippen LogP contribution in [0.25, 0.3) is 11.0 Å². The predicted molar refractivity (Wildman–Crippen MR) is 128 cm³/mol. The molecule has 1 aliphatic rings. The van der Waals surface area contributed by atoms with Gasteiger partial charge in [0.15, 0.2) is 17.2 Å². The smallest absolute Gasteiger partial charge is 0.266 e. The number of anilines is 3. The topological polar surface area (TPSA) is 131 Å². The van der Waals surface area contributed by atoms with E-state index in [9.17, 15) is 8.42 Å². The number of nitrogens with one attached hydrogen (secondary N) is 3. The molecule has 2 aromatic heterocycles. The van der Waals surface area contributed by atoms with Gasteiger partial charge in [0.25, 0.3) is 10.0 Å². The Labute approximate surface area is 196 Å². The number of ether oxygens (including phenoxy) is 2. The highest BCUT2D eigenvalue weighted by atomic mass is 32.2. The lowest BCUT2D eigenvalue weighted by Gasteiger charge is -2.12. The number of aromatic nitrogens is 3. The Morgan fingerprint density at radius 1 is 1.18 bits per heavy atom. The summed E-state index contributed by atoms with van der Waals surface area (Å²) in [5, 5.41) is 15.0. The third kappa shape index (κ3) is 4.26. The summed E-state index contributed by atoms with van der Waals surface area (Å²) in [4.78, 5) is 0.0198. The molecule has 0 amide bonds. The van der Waals surface area contributed by atoms with Crippen molar-refractivity contribution in [3.05, 3.63) is 47.7 Å². The molecule has 0 atom stereocenters. The highest BCUT2D eigenvalue weighted by molar-refractivity contribution is 7.92. The second-order valence-corrected chi connectivity index (χ2v) is 9.83. The molecule has 1 aliphatic carbocycles. The van der Waals surface area contributed by atoms with Crippen molar-refractivity contribution >= 4 is 38.3 Å². The summed E-state index contributed by atoms with van der Waals surface area (Å²) >= 11 is 0. The zero-order valence-electron chi connectivity index (χ0n) is 19.0. The van der Waals surface area contributed by atoms with E-state index in [1.165, 1.54) is 26.0 Å². The standard InChI is InChI=1S/C23H25N5O5S/c1-4-32-20-9-13(2)5-8-21(20)34(29,30)28-23-15-10-19(31-3)17(11-18(15)33-27-23)24-22-12-16(25-26-22)14-6-7-14/h5,8-12,14H,4,6-7H2,1-3H3,(H,27,28)(H2,24,25,26). The van der Waals surface area contributed by atoms with Crippen molar-refractivity contribution in [1.29, 1.82) is 0 Å². The van der Waals surface area contributed by atoms with E-state index < -0.39 is 10.0 Å². The van der Waals surface area contributed by atoms with Crippen LogP contribution in [0.2, 0.25) is 0 Å². The van der Waals surface area contributed by atoms with E-state index >= 15 is 0 Å². The summed E-state index contributed by atoms with van der Waals surface area (Å²) in [6.45, 7) is 4.00. The molecule has 5 rings (SSSR count). The zero-order valence-corrected chi connectivity index (χ0v) is 19.8. The number of methoxy groups -OCH3 is 1. The fraction of sp³-hybridized carbons (Fsp3) is 0.304. The fourth-order valence-electron chi connectivity index (χ4n) is 3.73. The molecular formula is C23H25N5O5S. The quantitative estimate of drug-likeness (QED) is 0.312. The van der Waals surface area contributed by atoms with E-state index in [2.05, 4.69) is 25.4 Å². The number of benzene rings is 2. The third-order valence-electron chi connectivity index (χ3n) is 5.59. The molecule has 0 saturated heterocycles. The molecule has 178 valence electrons. The molecule has 4 aromatic rings. The Bertz CT molecular complexity index is 1460. The highest BCUT2D eigenvalue weighted by Crippen LogP contribution is 2.41. The van der Waals surface area contributed by atoms with Gasteiger partial charge in [-0.25, -0.2) is 8.42 Å². The molecule has 10 nitrogen and oxygen atoms in total. The first-order valence-electron chi connectivity index (χ1n) is 10.9. The van der Waals surface area contributed by atoms with Gasteiger partial charge in [-0.2, -0.15) is 5.10 Å². The van der Waals surface area contributed by atoms with Crippen molar-refractivity contribution in [2.45, 2.75) is 37.5 Å². The maximum atomic E-state index is 13.1. The highest BCUT2D eigenvalue weighted by Gasteiger charge is 2.26. The number of H-pyrrole nitrogens is 1. The van der Waals surface area contributed by atoms with Gasteiger partial charge in [-0.1, -0.05) is 11.2 Å². The van der Waals surface area contributed by atoms with Crippen molar-refractivity contribution in [1.82, 2.24) is 15.4 Å². The number of nitrogens with zero attached hydrogens (tertiary/aromatic N) is 2. The summed E-state index contributed by atoms with van der Waals surface area (Å²) in [7, 11) is -2.46. The van der Waals surface area contributed by atoms with Crippen LogP contribution in [0.5, 0.6) is 11.5 Å². The lowest BCUT2D eigenvalue weighted by Crippen LogP contribution is -2.15. The summed E-state index contributed by atoms with van der Waals surface area (Å²) in [6, 6.07) is 10.2. The van der Waals surface area contributed by atoms with E-state index in [1.54, 1.807) is 31.2 Å². The summed E-state index contributed by atoms with van der Waals surface area (Å²) in [6.07, 6.45) is 2.34. The molecule has 1 fully saturated rings. The fourth-order valence-corrected chi connectivity index (χ4v) is 4.88. The Morgan fingerprint density at radius 3 is 2.74 bits per heavy atom. The molecule has 0 bridgehead atoms. The Kier molecular flexibility index (Phi) is 5.56. The van der Waals surface area contributed by atoms with Gasteiger partial charge in [0.1, 0.15) is 16.4 Å². The summed E-state index contributed by atoms with van der Waals surface area (Å²) in [5.74, 6) is 2.02. The number of rotatable bonds is 9. The van der Waals surface area contributed by atoms with E-state index in [1.807, 2.05) is 13.0 Å². The van der Waals surface area contributed by atoms with Crippen LogP contribution < -0.4 is 19.5 Å². The maximum Gasteiger partial charge on any atom is 0.266 e. The molecule has 0 unspecified atom stereocenters. The molecule has 0 spiro atoms. The van der Waals surface area contributed by atoms with Crippen molar-refractivity contribution in [3.63, 3.8) is 0 Å². The Hall–Kier alpha value is -3.73. The number of aryl methyl sites for hydroxylation is 1. The number of aromatic amines is 1. The van der Waals surface area contributed by atoms with Crippen LogP contribution in [0, 0.1) is 6.92 Å². The van der Waals surface area contributed by atoms with Crippen molar-refractivity contribution < 1.29 is 22.4 Å². The Morgan fingerprint density at radius 2 is 2.00 bits per heavy atom. The second-order valence-electron chi connectivity index (χ2n) is 8.18. The Balaban J connectivity index is 1.45. The van der Waals surface area contributed by atoms with Gasteiger partial charge in [0, 0.05) is 23.7 Å². The van der Waals surface area contributed by atoms with Gasteiger partial charge in [0.05, 0.1) is 24.8 Å². The summed E-state index contributed by atoms with van der Waals surface area (Å²) < 4.78 is 45.3. The lowest BCUT2D eigenvalue weighted by atomic mass is 10.2. The van der Waals surface area contributed by atoms with E-state index in [-0.39, 0.29) is 16.5 Å². The largest absolute Gasteiger partial charge is 0.495 e. The van der Waals surface area contributed by atoms with E-state index in [4.69, 9.17) is 14.0 Å². The molecule has 34 heavy (non-hydrogen) atoms. The molecule has 0 radical (unpaired) electrons. The predicted octanol–water partition coefficient (Wildman–Crippen LogP) is 4.69. The number of hydrogen-bond donors (Lipinski definition) is 3. The molecular weight excluding hydrogens is 458 g/mol. The zero-order chi connectivity index (χ0) is 23.9. The van der Waals surface area contributed by atoms with Gasteiger partial charge in [-0.05, 0) is 50.5 Å². The van der Waals surface area contributed by atoms with Crippen LogP contribution in [0.3, 0.4) is 0 Å². The number of fused-ring (bicyclic) bond motifs is 1. The van der Waals surface area contributed by atoms with Crippen LogP contribution in [0.4, 0.5) is 17.3 Å². The van der Waals surface area contributed by atoms with Crippen LogP contribution in [0.15, 0.2) is 45.8 Å². The average molecular weight is 484 g/mol. The molecule has 2 heterocycles. The van der Waals surface area contributed by atoms with Gasteiger partial charge < -0.3 is 19.3 Å². The molecule has 2 aromatic carbocycles. The monoisotopic (exact) mass is 483 g/mol. The van der Waals surface area contributed by atoms with Gasteiger partial charge in [0.2, 0.25) is 0 Å². The minimum atomic E-state index is -3.99. The van der Waals surface area contributed by atoms with Crippen LogP contribution >= 0.6 is 0 Å². The number of hydrogen-bond acceptors (Lipinski definition) is 8. The molecule has 0 aliphatic heterocycles. The summed E-state index contributed by atoms with van der Waals surface area (Å²) in [5.41, 5.74) is 2.99. The van der Waals surface area contributed by atoms with Gasteiger partial charge in [-0.15, -0.1) is 0 Å². The van der Waals surface area contributed by atoms with Crippen LogP contribution in [0.1, 0.15) is 36.9 Å². The first kappa shape index (κ1) is 22.1. The van der Waals surface area contributed by atoms with Crippen molar-refractivity contribution in [3.8, 4) is 11.5 Å². The van der Waals surface area contributed by atoms with Crippen LogP contribution in [-0.4, -0.2) is 37.5 Å². The normalized spacial score (nSPS) is 13.7. The number of sulfonamides is 1. The minimum absolute atomic E-state index is 0.0198. The van der Waals surface area contributed by atoms with Crippen LogP contribution in [-0.2, 0) is 10.0 Å². The third-order valence-corrected chi connectivity index (χ3v) is 6.97. The molecule has 11 heteroatoms. The van der Waals surface area contributed by atoms with E-state index in [0.29, 0.717) is 40.7 Å². The van der Waals surface area contributed by atoms with E-state index in [0.717, 1.165) is 11.3 Å². The lowest BCUT2D eigenvalue weighted by molar-refractivity contribution is 0.331. The van der Waals surface area contributed by atoms with Crippen molar-refractivity contribution in [2.24, 2.45) is 0 Å². The molecule has 3 N–H and O–H groups in total.